The Bertz CT molecular complexity index is 1050. The molecule has 0 bridgehead atoms. The lowest BCUT2D eigenvalue weighted by Crippen LogP contribution is -2.26. The number of hydrogen-bond acceptors (Lipinski definition) is 3. The number of rotatable bonds is 7. The van der Waals surface area contributed by atoms with Gasteiger partial charge in [0, 0.05) is 40.3 Å². The van der Waals surface area contributed by atoms with E-state index in [-0.39, 0.29) is 5.91 Å². The van der Waals surface area contributed by atoms with Crippen molar-refractivity contribution in [3.8, 4) is 0 Å². The zero-order valence-electron chi connectivity index (χ0n) is 15.7. The summed E-state index contributed by atoms with van der Waals surface area (Å²) in [4.78, 5) is 14.2. The average Bonchev–Trinajstić information content (AvgIpc) is 3.38. The van der Waals surface area contributed by atoms with Crippen molar-refractivity contribution in [1.29, 1.82) is 0 Å². The van der Waals surface area contributed by atoms with Gasteiger partial charge in [0.05, 0.1) is 4.88 Å². The van der Waals surface area contributed by atoms with Crippen molar-refractivity contribution < 1.29 is 4.79 Å². The molecule has 0 saturated carbocycles. The maximum atomic E-state index is 12.2. The largest absolute Gasteiger partial charge is 0.350 e. The molecule has 1 N–H and O–H groups in total. The Morgan fingerprint density at radius 3 is 2.64 bits per heavy atom. The Morgan fingerprint density at radius 2 is 1.86 bits per heavy atom. The van der Waals surface area contributed by atoms with E-state index in [2.05, 4.69) is 77.6 Å². The summed E-state index contributed by atoms with van der Waals surface area (Å²) in [6.45, 7) is 3.60. The minimum atomic E-state index is -0.00115. The molecule has 0 aliphatic rings. The molecule has 0 radical (unpaired) electrons. The van der Waals surface area contributed by atoms with Gasteiger partial charge in [0.15, 0.2) is 0 Å². The fraction of sp³-hybridized carbons (Fsp3) is 0.174. The molecule has 1 atom stereocenters. The molecular formula is C23H22N2OS2. The number of thioether (sulfide) groups is 1. The number of carbonyl (C=O) groups is 1. The van der Waals surface area contributed by atoms with Crippen molar-refractivity contribution in [2.75, 3.05) is 6.54 Å². The molecule has 28 heavy (non-hydrogen) atoms. The number of carbonyl (C=O) groups excluding carboxylic acids is 1. The Labute approximate surface area is 173 Å². The van der Waals surface area contributed by atoms with Gasteiger partial charge < -0.3 is 9.88 Å². The van der Waals surface area contributed by atoms with Gasteiger partial charge in [-0.3, -0.25) is 4.79 Å². The summed E-state index contributed by atoms with van der Waals surface area (Å²) in [6, 6.07) is 22.8. The normalized spacial score (nSPS) is 12.2. The Balaban J connectivity index is 1.49. The Kier molecular flexibility index (Phi) is 5.84. The second-order valence-electron chi connectivity index (χ2n) is 6.61. The van der Waals surface area contributed by atoms with Gasteiger partial charge >= 0.3 is 0 Å². The van der Waals surface area contributed by atoms with E-state index < -0.39 is 0 Å². The topological polar surface area (TPSA) is 34.0 Å². The molecule has 4 aromatic rings. The van der Waals surface area contributed by atoms with Crippen LogP contribution < -0.4 is 5.32 Å². The van der Waals surface area contributed by atoms with Gasteiger partial charge in [0.25, 0.3) is 5.91 Å². The van der Waals surface area contributed by atoms with Gasteiger partial charge in [-0.15, -0.1) is 23.1 Å². The maximum Gasteiger partial charge on any atom is 0.261 e. The summed E-state index contributed by atoms with van der Waals surface area (Å²) >= 11 is 3.34. The van der Waals surface area contributed by atoms with Gasteiger partial charge in [-0.25, -0.2) is 0 Å². The number of benzene rings is 2. The smallest absolute Gasteiger partial charge is 0.261 e. The molecule has 2 aromatic carbocycles. The highest BCUT2D eigenvalue weighted by molar-refractivity contribution is 7.99. The maximum absolute atomic E-state index is 12.2. The number of amides is 1. The fourth-order valence-electron chi connectivity index (χ4n) is 3.26. The van der Waals surface area contributed by atoms with Crippen LogP contribution in [0, 0.1) is 0 Å². The van der Waals surface area contributed by atoms with E-state index >= 15 is 0 Å². The number of nitrogens with one attached hydrogen (secondary N) is 1. The molecule has 4 rings (SSSR count). The molecule has 0 spiro atoms. The van der Waals surface area contributed by atoms with Crippen LogP contribution in [0.3, 0.4) is 0 Å². The number of thiophene rings is 1. The zero-order chi connectivity index (χ0) is 19.3. The first-order chi connectivity index (χ1) is 13.7. The van der Waals surface area contributed by atoms with Crippen LogP contribution in [0.2, 0.25) is 0 Å². The predicted octanol–water partition coefficient (Wildman–Crippen LogP) is 5.99. The van der Waals surface area contributed by atoms with Crippen LogP contribution >= 0.6 is 23.1 Å². The molecule has 5 heteroatoms. The molecular weight excluding hydrogens is 384 g/mol. The Hall–Kier alpha value is -2.50. The fourth-order valence-corrected chi connectivity index (χ4v) is 5.06. The van der Waals surface area contributed by atoms with Gasteiger partial charge in [-0.05, 0) is 30.0 Å². The summed E-state index contributed by atoms with van der Waals surface area (Å²) in [5.74, 6) is -0.00115. The second kappa shape index (κ2) is 8.67. The molecule has 0 aliphatic carbocycles. The molecule has 1 amide bonds. The average molecular weight is 407 g/mol. The summed E-state index contributed by atoms with van der Waals surface area (Å²) in [5.41, 5.74) is 2.53. The van der Waals surface area contributed by atoms with Crippen LogP contribution in [0.25, 0.3) is 10.9 Å². The standard InChI is InChI=1S/C23H22N2OS2/c1-17(18-8-3-2-4-9-18)28-22-16-25(20-11-6-5-10-19(20)22)14-13-24-23(26)21-12-7-15-27-21/h2-12,15-17H,13-14H2,1H3,(H,24,26). The first kappa shape index (κ1) is 18.8. The summed E-state index contributed by atoms with van der Waals surface area (Å²) in [7, 11) is 0. The van der Waals surface area contributed by atoms with Crippen LogP contribution in [0.15, 0.2) is 83.2 Å². The molecule has 3 nitrogen and oxygen atoms in total. The van der Waals surface area contributed by atoms with Gasteiger partial charge in [-0.1, -0.05) is 54.6 Å². The third-order valence-electron chi connectivity index (χ3n) is 4.71. The molecule has 0 fully saturated rings. The summed E-state index contributed by atoms with van der Waals surface area (Å²) < 4.78 is 2.24. The lowest BCUT2D eigenvalue weighted by atomic mass is 10.2. The van der Waals surface area contributed by atoms with Crippen LogP contribution in [-0.4, -0.2) is 17.0 Å². The highest BCUT2D eigenvalue weighted by Gasteiger charge is 2.13. The van der Waals surface area contributed by atoms with Gasteiger partial charge in [0.1, 0.15) is 0 Å². The first-order valence-electron chi connectivity index (χ1n) is 9.33. The van der Waals surface area contributed by atoms with Crippen molar-refractivity contribution in [2.24, 2.45) is 0 Å². The Morgan fingerprint density at radius 1 is 1.07 bits per heavy atom. The number of fused-ring (bicyclic) bond motifs is 1. The first-order valence-corrected chi connectivity index (χ1v) is 11.1. The van der Waals surface area contributed by atoms with E-state index in [1.807, 2.05) is 29.3 Å². The number of nitrogens with zero attached hydrogens (tertiary/aromatic N) is 1. The SMILES string of the molecule is CC(Sc1cn(CCNC(=O)c2cccs2)c2ccccc12)c1ccccc1. The second-order valence-corrected chi connectivity index (χ2v) is 8.94. The van der Waals surface area contributed by atoms with E-state index in [9.17, 15) is 4.79 Å². The minimum Gasteiger partial charge on any atom is -0.350 e. The quantitative estimate of drug-likeness (QED) is 0.383. The third-order valence-corrected chi connectivity index (χ3v) is 6.78. The van der Waals surface area contributed by atoms with E-state index in [0.717, 1.165) is 11.4 Å². The van der Waals surface area contributed by atoms with Crippen LogP contribution in [0.1, 0.15) is 27.4 Å². The highest BCUT2D eigenvalue weighted by atomic mass is 32.2. The van der Waals surface area contributed by atoms with Crippen molar-refractivity contribution in [3.05, 3.63) is 88.7 Å². The van der Waals surface area contributed by atoms with Crippen LogP contribution in [0.4, 0.5) is 0 Å². The van der Waals surface area contributed by atoms with E-state index in [1.54, 1.807) is 0 Å². The van der Waals surface area contributed by atoms with E-state index in [4.69, 9.17) is 0 Å². The third kappa shape index (κ3) is 4.16. The summed E-state index contributed by atoms with van der Waals surface area (Å²) in [6.07, 6.45) is 2.21. The van der Waals surface area contributed by atoms with E-state index in [0.29, 0.717) is 11.8 Å². The lowest BCUT2D eigenvalue weighted by molar-refractivity contribution is 0.0956. The van der Waals surface area contributed by atoms with Gasteiger partial charge in [-0.2, -0.15) is 0 Å². The predicted molar refractivity (Wildman–Crippen MR) is 119 cm³/mol. The number of aromatic nitrogens is 1. The highest BCUT2D eigenvalue weighted by Crippen LogP contribution is 2.39. The monoisotopic (exact) mass is 406 g/mol. The van der Waals surface area contributed by atoms with Gasteiger partial charge in [0.2, 0.25) is 0 Å². The van der Waals surface area contributed by atoms with Crippen LogP contribution in [-0.2, 0) is 6.54 Å². The molecule has 142 valence electrons. The summed E-state index contributed by atoms with van der Waals surface area (Å²) in [5, 5.41) is 6.58. The van der Waals surface area contributed by atoms with Crippen molar-refractivity contribution in [3.63, 3.8) is 0 Å². The number of para-hydroxylation sites is 1. The molecule has 2 heterocycles. The molecule has 2 aromatic heterocycles. The lowest BCUT2D eigenvalue weighted by Gasteiger charge is -2.10. The van der Waals surface area contributed by atoms with Crippen molar-refractivity contribution in [2.45, 2.75) is 23.6 Å². The molecule has 1 unspecified atom stereocenters. The van der Waals surface area contributed by atoms with Crippen molar-refractivity contribution >= 4 is 39.9 Å². The minimum absolute atomic E-state index is 0.00115. The van der Waals surface area contributed by atoms with E-state index in [1.165, 1.54) is 32.7 Å². The molecule has 0 aliphatic heterocycles. The van der Waals surface area contributed by atoms with Crippen LogP contribution in [0.5, 0.6) is 0 Å². The van der Waals surface area contributed by atoms with Crippen molar-refractivity contribution in [1.82, 2.24) is 9.88 Å². The number of hydrogen-bond donors (Lipinski definition) is 1. The zero-order valence-corrected chi connectivity index (χ0v) is 17.3. The molecule has 0 saturated heterocycles.